The molecule has 28 heavy (non-hydrogen) atoms. The highest BCUT2D eigenvalue weighted by Gasteiger charge is 1.99. The Labute approximate surface area is 166 Å². The third kappa shape index (κ3) is 3.96. The second-order valence-corrected chi connectivity index (χ2v) is 6.62. The number of rotatable bonds is 6. The van der Waals surface area contributed by atoms with E-state index in [-0.39, 0.29) is 0 Å². The third-order valence-electron chi connectivity index (χ3n) is 4.76. The molecule has 2 heterocycles. The van der Waals surface area contributed by atoms with Crippen molar-refractivity contribution in [2.24, 2.45) is 0 Å². The van der Waals surface area contributed by atoms with Crippen LogP contribution in [0.4, 0.5) is 0 Å². The number of aromatic nitrogens is 4. The first kappa shape index (κ1) is 18.0. The average molecular weight is 368 g/mol. The van der Waals surface area contributed by atoms with Crippen LogP contribution in [0.2, 0.25) is 0 Å². The maximum absolute atomic E-state index is 3.29. The number of aryl methyl sites for hydroxylation is 2. The van der Waals surface area contributed by atoms with Crippen LogP contribution in [0, 0.1) is 12.7 Å². The van der Waals surface area contributed by atoms with Crippen molar-refractivity contribution in [3.63, 3.8) is 0 Å². The maximum Gasteiger partial charge on any atom is 0.243 e. The van der Waals surface area contributed by atoms with Crippen LogP contribution < -0.4 is 9.13 Å². The van der Waals surface area contributed by atoms with Gasteiger partial charge in [0.25, 0.3) is 0 Å². The fourth-order valence-electron chi connectivity index (χ4n) is 3.03. The predicted molar refractivity (Wildman–Crippen MR) is 110 cm³/mol. The van der Waals surface area contributed by atoms with Gasteiger partial charge in [-0.05, 0) is 25.0 Å². The first-order valence-corrected chi connectivity index (χ1v) is 9.64. The molecule has 4 heteroatoms. The van der Waals surface area contributed by atoms with Gasteiger partial charge in [0, 0.05) is 24.8 Å². The van der Waals surface area contributed by atoms with E-state index in [1.807, 2.05) is 43.1 Å². The summed E-state index contributed by atoms with van der Waals surface area (Å²) in [6, 6.07) is 17.0. The normalized spacial score (nSPS) is 11.4. The molecule has 0 radical (unpaired) electrons. The molecule has 0 fully saturated rings. The van der Waals surface area contributed by atoms with Gasteiger partial charge in [0.15, 0.2) is 0 Å². The predicted octanol–water partition coefficient (Wildman–Crippen LogP) is 3.65. The Kier molecular flexibility index (Phi) is 5.20. The molecule has 2 aromatic carbocycles. The molecule has 2 aromatic heterocycles. The van der Waals surface area contributed by atoms with Crippen LogP contribution in [0.5, 0.6) is 0 Å². The second-order valence-electron chi connectivity index (χ2n) is 6.62. The van der Waals surface area contributed by atoms with Crippen LogP contribution in [-0.4, -0.2) is 9.13 Å². The lowest BCUT2D eigenvalue weighted by atomic mass is 10.1. The minimum Gasteiger partial charge on any atom is -0.326 e. The van der Waals surface area contributed by atoms with E-state index in [9.17, 15) is 0 Å². The molecule has 0 N–H and O–H groups in total. The number of benzene rings is 2. The molecule has 0 aliphatic rings. The summed E-state index contributed by atoms with van der Waals surface area (Å²) in [6.45, 7) is 6.07. The SMILES string of the molecule is CCn1[c-][n+](-c2ccc(/C=C/c3ccc(-n4[c-][n+](CC)cc4)cc3)cc2)cc1. The zero-order chi connectivity index (χ0) is 19.3. The van der Waals surface area contributed by atoms with E-state index in [2.05, 4.69) is 87.2 Å². The molecule has 4 aromatic rings. The van der Waals surface area contributed by atoms with Crippen LogP contribution in [0.3, 0.4) is 0 Å². The summed E-state index contributed by atoms with van der Waals surface area (Å²) in [7, 11) is 0. The summed E-state index contributed by atoms with van der Waals surface area (Å²) in [5.74, 6) is 0. The van der Waals surface area contributed by atoms with E-state index in [1.54, 1.807) is 0 Å². The summed E-state index contributed by atoms with van der Waals surface area (Å²) in [5, 5.41) is 0. The molecule has 0 saturated carbocycles. The molecule has 4 rings (SSSR count). The topological polar surface area (TPSA) is 17.6 Å². The minimum atomic E-state index is 0.924. The molecule has 0 saturated heterocycles. The van der Waals surface area contributed by atoms with Crippen molar-refractivity contribution in [1.29, 1.82) is 0 Å². The zero-order valence-electron chi connectivity index (χ0n) is 16.3. The van der Waals surface area contributed by atoms with Crippen LogP contribution in [0.15, 0.2) is 73.3 Å². The van der Waals surface area contributed by atoms with E-state index in [0.29, 0.717) is 0 Å². The first-order chi connectivity index (χ1) is 13.7. The van der Waals surface area contributed by atoms with Crippen LogP contribution >= 0.6 is 0 Å². The molecule has 4 nitrogen and oxygen atoms in total. The van der Waals surface area contributed by atoms with Gasteiger partial charge in [-0.25, -0.2) is 0 Å². The van der Waals surface area contributed by atoms with Crippen molar-refractivity contribution >= 4 is 12.2 Å². The van der Waals surface area contributed by atoms with Crippen molar-refractivity contribution in [2.45, 2.75) is 26.9 Å². The molecule has 0 spiro atoms. The van der Waals surface area contributed by atoms with Gasteiger partial charge in [-0.3, -0.25) is 0 Å². The first-order valence-electron chi connectivity index (χ1n) is 9.64. The van der Waals surface area contributed by atoms with Gasteiger partial charge in [-0.2, -0.15) is 0 Å². The standard InChI is InChI=1S/C24H24N4/c1-3-25-15-17-27(19-25)23-11-7-21(8-12-23)5-6-22-9-13-24(14-10-22)28-18-16-26(4-2)20-28/h5-18H,3-4H2,1-2H3/b6-5+. The Morgan fingerprint density at radius 3 is 2.07 bits per heavy atom. The van der Waals surface area contributed by atoms with E-state index in [1.165, 1.54) is 11.1 Å². The zero-order valence-corrected chi connectivity index (χ0v) is 16.3. The van der Waals surface area contributed by atoms with Gasteiger partial charge in [0.1, 0.15) is 0 Å². The van der Waals surface area contributed by atoms with Gasteiger partial charge in [0.2, 0.25) is 12.7 Å². The minimum absolute atomic E-state index is 0.924. The Morgan fingerprint density at radius 1 is 0.821 bits per heavy atom. The summed E-state index contributed by atoms with van der Waals surface area (Å²) < 4.78 is 8.09. The highest BCUT2D eigenvalue weighted by atomic mass is 15.1. The monoisotopic (exact) mass is 368 g/mol. The van der Waals surface area contributed by atoms with Crippen molar-refractivity contribution in [2.75, 3.05) is 0 Å². The lowest BCUT2D eigenvalue weighted by Gasteiger charge is -2.04. The molecular weight excluding hydrogens is 344 g/mol. The Hall–Kier alpha value is -3.40. The molecule has 0 aliphatic heterocycles. The molecule has 0 amide bonds. The summed E-state index contributed by atoms with van der Waals surface area (Å²) >= 11 is 0. The Balaban J connectivity index is 1.45. The van der Waals surface area contributed by atoms with Crippen molar-refractivity contribution < 1.29 is 9.13 Å². The van der Waals surface area contributed by atoms with Gasteiger partial charge >= 0.3 is 0 Å². The third-order valence-corrected chi connectivity index (χ3v) is 4.76. The van der Waals surface area contributed by atoms with Crippen LogP contribution in [0.25, 0.3) is 23.5 Å². The van der Waals surface area contributed by atoms with Crippen molar-refractivity contribution in [3.05, 3.63) is 97.1 Å². The van der Waals surface area contributed by atoms with Gasteiger partial charge in [0.05, 0.1) is 24.5 Å². The highest BCUT2D eigenvalue weighted by molar-refractivity contribution is 5.70. The molecule has 0 aliphatic carbocycles. The van der Waals surface area contributed by atoms with E-state index in [4.69, 9.17) is 0 Å². The van der Waals surface area contributed by atoms with E-state index < -0.39 is 0 Å². The summed E-state index contributed by atoms with van der Waals surface area (Å²) in [5.41, 5.74) is 4.57. The number of imidazole rings is 2. The Morgan fingerprint density at radius 2 is 1.50 bits per heavy atom. The Bertz CT molecular complexity index is 979. The molecule has 0 atom stereocenters. The average Bonchev–Trinajstić information content (AvgIpc) is 3.42. The van der Waals surface area contributed by atoms with Crippen LogP contribution in [-0.2, 0) is 13.1 Å². The van der Waals surface area contributed by atoms with E-state index in [0.717, 1.165) is 24.5 Å². The molecule has 0 unspecified atom stereocenters. The number of hydrogen-bond donors (Lipinski definition) is 0. The summed E-state index contributed by atoms with van der Waals surface area (Å²) in [4.78, 5) is 0. The van der Waals surface area contributed by atoms with Gasteiger partial charge in [-0.15, -0.1) is 0 Å². The fourth-order valence-corrected chi connectivity index (χ4v) is 3.03. The lowest BCUT2D eigenvalue weighted by Crippen LogP contribution is -2.29. The quantitative estimate of drug-likeness (QED) is 0.281. The fraction of sp³-hybridized carbons (Fsp3) is 0.167. The van der Waals surface area contributed by atoms with Gasteiger partial charge in [-0.1, -0.05) is 60.7 Å². The van der Waals surface area contributed by atoms with Gasteiger partial charge < -0.3 is 18.3 Å². The lowest BCUT2D eigenvalue weighted by molar-refractivity contribution is -0.696. The van der Waals surface area contributed by atoms with E-state index >= 15 is 0 Å². The molecule has 0 bridgehead atoms. The highest BCUT2D eigenvalue weighted by Crippen LogP contribution is 2.13. The largest absolute Gasteiger partial charge is 0.326 e. The smallest absolute Gasteiger partial charge is 0.243 e. The number of nitrogens with zero attached hydrogens (tertiary/aromatic N) is 4. The van der Waals surface area contributed by atoms with Crippen LogP contribution in [0.1, 0.15) is 25.0 Å². The maximum atomic E-state index is 3.29. The molecular formula is C24H24N4. The molecule has 140 valence electrons. The van der Waals surface area contributed by atoms with Crippen molar-refractivity contribution in [1.82, 2.24) is 9.13 Å². The summed E-state index contributed by atoms with van der Waals surface area (Å²) in [6.07, 6.45) is 19.0. The van der Waals surface area contributed by atoms with Crippen molar-refractivity contribution in [3.8, 4) is 11.4 Å². The second kappa shape index (κ2) is 8.09. The number of hydrogen-bond acceptors (Lipinski definition) is 0.